The molecule has 7 heteroatoms. The Hall–Kier alpha value is -3.48. The number of nitrogens with one attached hydrogen (secondary N) is 2. The summed E-state index contributed by atoms with van der Waals surface area (Å²) in [7, 11) is 0. The van der Waals surface area contributed by atoms with Gasteiger partial charge in [-0.3, -0.25) is 24.5 Å². The molecule has 2 aliphatic heterocycles. The van der Waals surface area contributed by atoms with E-state index in [-0.39, 0.29) is 36.7 Å². The van der Waals surface area contributed by atoms with Crippen LogP contribution in [0.5, 0.6) is 0 Å². The van der Waals surface area contributed by atoms with E-state index in [2.05, 4.69) is 22.8 Å². The van der Waals surface area contributed by atoms with Crippen molar-refractivity contribution < 1.29 is 19.2 Å². The minimum Gasteiger partial charge on any atom is -0.345 e. The number of amides is 4. The Morgan fingerprint density at radius 2 is 1.84 bits per heavy atom. The molecule has 2 heterocycles. The highest BCUT2D eigenvalue weighted by atomic mass is 16.2. The molecule has 2 aromatic carbocycles. The lowest BCUT2D eigenvalue weighted by Crippen LogP contribution is -2.52. The quantitative estimate of drug-likeness (QED) is 0.749. The zero-order chi connectivity index (χ0) is 21.5. The van der Waals surface area contributed by atoms with Gasteiger partial charge < -0.3 is 10.2 Å². The second kappa shape index (κ2) is 7.65. The van der Waals surface area contributed by atoms with E-state index in [0.29, 0.717) is 17.5 Å². The van der Waals surface area contributed by atoms with E-state index in [0.717, 1.165) is 24.8 Å². The van der Waals surface area contributed by atoms with Crippen molar-refractivity contribution in [2.24, 2.45) is 0 Å². The fourth-order valence-electron chi connectivity index (χ4n) is 4.86. The van der Waals surface area contributed by atoms with Gasteiger partial charge in [-0.05, 0) is 60.6 Å². The first-order valence-corrected chi connectivity index (χ1v) is 10.7. The molecule has 1 unspecified atom stereocenters. The first-order valence-electron chi connectivity index (χ1n) is 10.7. The second-order valence-electron chi connectivity index (χ2n) is 8.39. The van der Waals surface area contributed by atoms with Crippen LogP contribution in [0.3, 0.4) is 0 Å². The van der Waals surface area contributed by atoms with E-state index in [4.69, 9.17) is 0 Å². The Morgan fingerprint density at radius 3 is 2.68 bits per heavy atom. The molecule has 4 amide bonds. The number of carbonyl (C=O) groups is 4. The van der Waals surface area contributed by atoms with Crippen LogP contribution >= 0.6 is 0 Å². The molecule has 3 aliphatic rings. The fourth-order valence-corrected chi connectivity index (χ4v) is 4.86. The van der Waals surface area contributed by atoms with E-state index >= 15 is 0 Å². The minimum atomic E-state index is -0.659. The highest BCUT2D eigenvalue weighted by Gasteiger charge is 2.39. The van der Waals surface area contributed by atoms with Crippen molar-refractivity contribution in [3.05, 3.63) is 70.3 Å². The van der Waals surface area contributed by atoms with Crippen LogP contribution in [-0.2, 0) is 22.6 Å². The van der Waals surface area contributed by atoms with Gasteiger partial charge in [0.05, 0.1) is 6.04 Å². The summed E-state index contributed by atoms with van der Waals surface area (Å²) in [4.78, 5) is 50.9. The third-order valence-corrected chi connectivity index (χ3v) is 6.46. The number of fused-ring (bicyclic) bond motifs is 2. The number of carbonyl (C=O) groups excluding carboxylic acids is 4. The fraction of sp³-hybridized carbons (Fsp3) is 0.333. The number of hydrogen-bond acceptors (Lipinski definition) is 4. The van der Waals surface area contributed by atoms with Crippen LogP contribution in [0.4, 0.5) is 0 Å². The summed E-state index contributed by atoms with van der Waals surface area (Å²) in [5.41, 5.74) is 4.18. The molecule has 1 aliphatic carbocycles. The van der Waals surface area contributed by atoms with Gasteiger partial charge >= 0.3 is 0 Å². The monoisotopic (exact) mass is 417 g/mol. The number of aryl methyl sites for hydroxylation is 1. The normalized spacial score (nSPS) is 22.6. The highest BCUT2D eigenvalue weighted by Crippen LogP contribution is 2.31. The van der Waals surface area contributed by atoms with Crippen molar-refractivity contribution in [1.29, 1.82) is 0 Å². The Balaban J connectivity index is 1.33. The molecule has 5 rings (SSSR count). The molecule has 1 fully saturated rings. The van der Waals surface area contributed by atoms with Gasteiger partial charge in [-0.1, -0.05) is 24.3 Å². The molecule has 1 saturated heterocycles. The smallest absolute Gasteiger partial charge is 0.255 e. The average molecular weight is 417 g/mol. The van der Waals surface area contributed by atoms with Crippen molar-refractivity contribution in [3.8, 4) is 0 Å². The average Bonchev–Trinajstić information content (AvgIpc) is 3.09. The van der Waals surface area contributed by atoms with Crippen LogP contribution in [0.1, 0.15) is 69.1 Å². The van der Waals surface area contributed by atoms with Crippen LogP contribution in [0.15, 0.2) is 42.5 Å². The molecular weight excluding hydrogens is 394 g/mol. The van der Waals surface area contributed by atoms with Gasteiger partial charge in [0.15, 0.2) is 0 Å². The summed E-state index contributed by atoms with van der Waals surface area (Å²) in [6, 6.07) is 12.6. The Bertz CT molecular complexity index is 1110. The maximum atomic E-state index is 13.0. The van der Waals surface area contributed by atoms with Crippen molar-refractivity contribution >= 4 is 23.6 Å². The van der Waals surface area contributed by atoms with Crippen molar-refractivity contribution in [1.82, 2.24) is 15.5 Å². The van der Waals surface area contributed by atoms with Crippen LogP contribution in [-0.4, -0.2) is 34.6 Å². The summed E-state index contributed by atoms with van der Waals surface area (Å²) in [6.45, 7) is 0.258. The predicted octanol–water partition coefficient (Wildman–Crippen LogP) is 2.25. The zero-order valence-electron chi connectivity index (χ0n) is 17.0. The lowest BCUT2D eigenvalue weighted by molar-refractivity contribution is -0.136. The summed E-state index contributed by atoms with van der Waals surface area (Å²) < 4.78 is 0. The van der Waals surface area contributed by atoms with Gasteiger partial charge in [-0.2, -0.15) is 0 Å². The van der Waals surface area contributed by atoms with Crippen LogP contribution in [0.25, 0.3) is 0 Å². The van der Waals surface area contributed by atoms with Crippen molar-refractivity contribution in [2.75, 3.05) is 0 Å². The lowest BCUT2D eigenvalue weighted by Gasteiger charge is -2.29. The zero-order valence-corrected chi connectivity index (χ0v) is 17.0. The number of piperidine rings is 1. The summed E-state index contributed by atoms with van der Waals surface area (Å²) in [5, 5.41) is 5.44. The number of benzene rings is 2. The first kappa shape index (κ1) is 19.5. The Morgan fingerprint density at radius 1 is 1.00 bits per heavy atom. The molecule has 0 bridgehead atoms. The number of hydrogen-bond donors (Lipinski definition) is 2. The lowest BCUT2D eigenvalue weighted by atomic mass is 9.87. The standard InChI is InChI=1S/C24H23N3O4/c28-21-11-10-20(23(30)26-21)27-13-16-12-15(8-9-18(16)24(27)31)22(29)25-19-7-3-5-14-4-1-2-6-17(14)19/h1-2,4,6,8-9,12,19-20H,3,5,7,10-11,13H2,(H,25,29)(H,26,28,30)/t19-,20?/m0/s1. The number of imide groups is 1. The van der Waals surface area contributed by atoms with Crippen LogP contribution < -0.4 is 10.6 Å². The van der Waals surface area contributed by atoms with E-state index < -0.39 is 11.9 Å². The molecule has 2 aromatic rings. The number of nitrogens with zero attached hydrogens (tertiary/aromatic N) is 1. The molecule has 2 atom stereocenters. The second-order valence-corrected chi connectivity index (χ2v) is 8.39. The van der Waals surface area contributed by atoms with Crippen LogP contribution in [0, 0.1) is 0 Å². The SMILES string of the molecule is O=C1CCC(N2Cc3cc(C(=O)N[C@H]4CCCc5ccccc54)ccc3C2=O)C(=O)N1. The van der Waals surface area contributed by atoms with Gasteiger partial charge in [-0.15, -0.1) is 0 Å². The predicted molar refractivity (Wildman–Crippen MR) is 112 cm³/mol. The minimum absolute atomic E-state index is 0.0210. The van der Waals surface area contributed by atoms with Crippen molar-refractivity contribution in [2.45, 2.75) is 50.7 Å². The topological polar surface area (TPSA) is 95.6 Å². The maximum Gasteiger partial charge on any atom is 0.255 e. The van der Waals surface area contributed by atoms with E-state index in [1.54, 1.807) is 18.2 Å². The first-order chi connectivity index (χ1) is 15.0. The molecule has 0 aromatic heterocycles. The molecule has 0 radical (unpaired) electrons. The van der Waals surface area contributed by atoms with Gasteiger partial charge in [0.25, 0.3) is 11.8 Å². The van der Waals surface area contributed by atoms with Crippen molar-refractivity contribution in [3.63, 3.8) is 0 Å². The van der Waals surface area contributed by atoms with Gasteiger partial charge in [0.1, 0.15) is 6.04 Å². The van der Waals surface area contributed by atoms with E-state index in [1.165, 1.54) is 16.0 Å². The molecule has 7 nitrogen and oxygen atoms in total. The molecule has 2 N–H and O–H groups in total. The molecule has 0 spiro atoms. The molecule has 158 valence electrons. The Labute approximate surface area is 179 Å². The third-order valence-electron chi connectivity index (χ3n) is 6.46. The Kier molecular flexibility index (Phi) is 4.81. The summed E-state index contributed by atoms with van der Waals surface area (Å²) >= 11 is 0. The van der Waals surface area contributed by atoms with Gasteiger partial charge in [-0.25, -0.2) is 0 Å². The highest BCUT2D eigenvalue weighted by molar-refractivity contribution is 6.06. The van der Waals surface area contributed by atoms with E-state index in [1.807, 2.05) is 12.1 Å². The van der Waals surface area contributed by atoms with E-state index in [9.17, 15) is 19.2 Å². The number of rotatable bonds is 3. The maximum absolute atomic E-state index is 13.0. The molecule has 31 heavy (non-hydrogen) atoms. The molecular formula is C24H23N3O4. The summed E-state index contributed by atoms with van der Waals surface area (Å²) in [6.07, 6.45) is 3.49. The third kappa shape index (κ3) is 3.50. The van der Waals surface area contributed by atoms with Crippen LogP contribution in [0.2, 0.25) is 0 Å². The van der Waals surface area contributed by atoms with Gasteiger partial charge in [0.2, 0.25) is 11.8 Å². The largest absolute Gasteiger partial charge is 0.345 e. The summed E-state index contributed by atoms with van der Waals surface area (Å²) in [5.74, 6) is -1.16. The van der Waals surface area contributed by atoms with Gasteiger partial charge in [0, 0.05) is 24.1 Å². The molecule has 0 saturated carbocycles.